The minimum Gasteiger partial charge on any atom is -0.333 e. The van der Waals surface area contributed by atoms with Crippen molar-refractivity contribution >= 4 is 11.6 Å². The van der Waals surface area contributed by atoms with Crippen LogP contribution in [0, 0.1) is 0 Å². The maximum absolute atomic E-state index is 6.01. The zero-order valence-electron chi connectivity index (χ0n) is 7.70. The third kappa shape index (κ3) is 1.46. The van der Waals surface area contributed by atoms with Crippen molar-refractivity contribution in [3.05, 3.63) is 17.2 Å². The molecule has 13 heavy (non-hydrogen) atoms. The largest absolute Gasteiger partial charge is 0.333 e. The molecule has 0 bridgehead atoms. The topological polar surface area (TPSA) is 43.8 Å². The first-order valence-corrected chi connectivity index (χ1v) is 5.04. The summed E-state index contributed by atoms with van der Waals surface area (Å²) in [6, 6.07) is 0.160. The fourth-order valence-electron chi connectivity index (χ4n) is 2.04. The first kappa shape index (κ1) is 9.03. The van der Waals surface area contributed by atoms with Crippen LogP contribution in [-0.4, -0.2) is 15.6 Å². The maximum Gasteiger partial charge on any atom is 0.150 e. The van der Waals surface area contributed by atoms with Crippen LogP contribution in [0.25, 0.3) is 0 Å². The van der Waals surface area contributed by atoms with Crippen molar-refractivity contribution in [1.29, 1.82) is 0 Å². The monoisotopic (exact) mass is 199 g/mol. The maximum atomic E-state index is 6.01. The Kier molecular flexibility index (Phi) is 2.30. The van der Waals surface area contributed by atoms with Crippen LogP contribution in [0.2, 0.25) is 5.15 Å². The van der Waals surface area contributed by atoms with Gasteiger partial charge in [0.2, 0.25) is 0 Å². The number of rotatable bonds is 1. The second kappa shape index (κ2) is 3.31. The molecule has 1 aromatic heterocycles. The second-order valence-corrected chi connectivity index (χ2v) is 4.08. The minimum atomic E-state index is 0.160. The molecule has 0 aromatic carbocycles. The van der Waals surface area contributed by atoms with Crippen molar-refractivity contribution in [3.63, 3.8) is 0 Å². The average molecular weight is 200 g/mol. The summed E-state index contributed by atoms with van der Waals surface area (Å²) < 4.78 is 2.12. The van der Waals surface area contributed by atoms with Gasteiger partial charge in [0, 0.05) is 18.5 Å². The van der Waals surface area contributed by atoms with Crippen molar-refractivity contribution in [2.45, 2.75) is 38.3 Å². The molecule has 0 saturated heterocycles. The van der Waals surface area contributed by atoms with E-state index >= 15 is 0 Å². The fourth-order valence-corrected chi connectivity index (χ4v) is 2.33. The summed E-state index contributed by atoms with van der Waals surface area (Å²) in [5, 5.41) is 0.627. The highest BCUT2D eigenvalue weighted by Crippen LogP contribution is 2.33. The lowest BCUT2D eigenvalue weighted by Crippen LogP contribution is -2.29. The highest BCUT2D eigenvalue weighted by atomic mass is 35.5. The van der Waals surface area contributed by atoms with E-state index in [0.29, 0.717) is 11.1 Å². The van der Waals surface area contributed by atoms with Gasteiger partial charge in [-0.3, -0.25) is 0 Å². The zero-order valence-corrected chi connectivity index (χ0v) is 8.46. The first-order valence-electron chi connectivity index (χ1n) is 4.66. The van der Waals surface area contributed by atoms with Gasteiger partial charge in [-0.25, -0.2) is 4.98 Å². The van der Waals surface area contributed by atoms with Gasteiger partial charge in [0.1, 0.15) is 0 Å². The average Bonchev–Trinajstić information content (AvgIpc) is 2.48. The van der Waals surface area contributed by atoms with Crippen molar-refractivity contribution < 1.29 is 0 Å². The first-order chi connectivity index (χ1) is 6.20. The van der Waals surface area contributed by atoms with Gasteiger partial charge in [-0.1, -0.05) is 11.6 Å². The molecule has 0 spiro atoms. The SMILES string of the molecule is CC(N)C1CCCn2cnc(Cl)c21. The lowest BCUT2D eigenvalue weighted by molar-refractivity contribution is 0.413. The zero-order chi connectivity index (χ0) is 9.42. The molecule has 2 rings (SSSR count). The van der Waals surface area contributed by atoms with E-state index in [9.17, 15) is 0 Å². The molecule has 2 unspecified atom stereocenters. The Morgan fingerprint density at radius 1 is 1.77 bits per heavy atom. The van der Waals surface area contributed by atoms with E-state index in [1.165, 1.54) is 6.42 Å². The summed E-state index contributed by atoms with van der Waals surface area (Å²) in [6.45, 7) is 3.06. The van der Waals surface area contributed by atoms with Crippen molar-refractivity contribution in [1.82, 2.24) is 9.55 Å². The summed E-state index contributed by atoms with van der Waals surface area (Å²) in [4.78, 5) is 4.10. The molecule has 4 heteroatoms. The lowest BCUT2D eigenvalue weighted by Gasteiger charge is -2.27. The molecule has 2 N–H and O–H groups in total. The smallest absolute Gasteiger partial charge is 0.150 e. The third-order valence-corrected chi connectivity index (χ3v) is 3.02. The van der Waals surface area contributed by atoms with Crippen LogP contribution in [0.3, 0.4) is 0 Å². The van der Waals surface area contributed by atoms with Gasteiger partial charge in [0.05, 0.1) is 12.0 Å². The van der Waals surface area contributed by atoms with E-state index in [-0.39, 0.29) is 6.04 Å². The molecule has 1 aliphatic heterocycles. The number of aromatic nitrogens is 2. The van der Waals surface area contributed by atoms with E-state index in [2.05, 4.69) is 9.55 Å². The highest BCUT2D eigenvalue weighted by molar-refractivity contribution is 6.30. The molecular formula is C9H14ClN3. The van der Waals surface area contributed by atoms with Gasteiger partial charge in [-0.05, 0) is 19.8 Å². The Balaban J connectivity index is 2.40. The molecule has 3 nitrogen and oxygen atoms in total. The van der Waals surface area contributed by atoms with E-state index in [1.807, 2.05) is 13.3 Å². The number of fused-ring (bicyclic) bond motifs is 1. The molecule has 2 heterocycles. The molecule has 0 saturated carbocycles. The Labute approximate surface area is 82.9 Å². The number of nitrogens with two attached hydrogens (primary N) is 1. The van der Waals surface area contributed by atoms with Crippen LogP contribution in [-0.2, 0) is 6.54 Å². The second-order valence-electron chi connectivity index (χ2n) is 3.72. The summed E-state index contributed by atoms with van der Waals surface area (Å²) in [5.74, 6) is 0.378. The predicted molar refractivity (Wildman–Crippen MR) is 52.9 cm³/mol. The van der Waals surface area contributed by atoms with Crippen molar-refractivity contribution in [3.8, 4) is 0 Å². The van der Waals surface area contributed by atoms with Crippen LogP contribution in [0.1, 0.15) is 31.4 Å². The Morgan fingerprint density at radius 2 is 2.54 bits per heavy atom. The number of nitrogens with zero attached hydrogens (tertiary/aromatic N) is 2. The molecular weight excluding hydrogens is 186 g/mol. The van der Waals surface area contributed by atoms with Crippen LogP contribution in [0.4, 0.5) is 0 Å². The van der Waals surface area contributed by atoms with Gasteiger partial charge >= 0.3 is 0 Å². The van der Waals surface area contributed by atoms with Gasteiger partial charge in [0.15, 0.2) is 5.15 Å². The van der Waals surface area contributed by atoms with Crippen molar-refractivity contribution in [2.24, 2.45) is 5.73 Å². The number of aryl methyl sites for hydroxylation is 1. The quantitative estimate of drug-likeness (QED) is 0.749. The van der Waals surface area contributed by atoms with Crippen molar-refractivity contribution in [2.75, 3.05) is 0 Å². The van der Waals surface area contributed by atoms with Gasteiger partial charge in [0.25, 0.3) is 0 Å². The summed E-state index contributed by atoms with van der Waals surface area (Å²) >= 11 is 6.01. The molecule has 1 aromatic rings. The molecule has 0 radical (unpaired) electrons. The van der Waals surface area contributed by atoms with Crippen LogP contribution >= 0.6 is 11.6 Å². The van der Waals surface area contributed by atoms with E-state index in [0.717, 1.165) is 18.7 Å². The molecule has 72 valence electrons. The summed E-state index contributed by atoms with van der Waals surface area (Å²) in [6.07, 6.45) is 4.11. The Hall–Kier alpha value is -0.540. The molecule has 2 atom stereocenters. The lowest BCUT2D eigenvalue weighted by atomic mass is 9.90. The standard InChI is InChI=1S/C9H14ClN3/c1-6(11)7-3-2-4-13-5-12-9(10)8(7)13/h5-7H,2-4,11H2,1H3. The van der Waals surface area contributed by atoms with E-state index in [1.54, 1.807) is 0 Å². The number of hydrogen-bond donors (Lipinski definition) is 1. The number of hydrogen-bond acceptors (Lipinski definition) is 2. The van der Waals surface area contributed by atoms with Crippen LogP contribution in [0.5, 0.6) is 0 Å². The predicted octanol–water partition coefficient (Wildman–Crippen LogP) is 1.76. The van der Waals surface area contributed by atoms with E-state index in [4.69, 9.17) is 17.3 Å². The molecule has 1 aliphatic rings. The highest BCUT2D eigenvalue weighted by Gasteiger charge is 2.26. The van der Waals surface area contributed by atoms with Crippen LogP contribution in [0.15, 0.2) is 6.33 Å². The van der Waals surface area contributed by atoms with E-state index < -0.39 is 0 Å². The number of imidazole rings is 1. The van der Waals surface area contributed by atoms with Gasteiger partial charge < -0.3 is 10.3 Å². The molecule has 0 aliphatic carbocycles. The Bertz CT molecular complexity index is 306. The number of halogens is 1. The Morgan fingerprint density at radius 3 is 3.23 bits per heavy atom. The van der Waals surface area contributed by atoms with Gasteiger partial charge in [-0.15, -0.1) is 0 Å². The minimum absolute atomic E-state index is 0.160. The molecule has 0 fully saturated rings. The summed E-state index contributed by atoms with van der Waals surface area (Å²) in [5.41, 5.74) is 7.04. The van der Waals surface area contributed by atoms with Gasteiger partial charge in [-0.2, -0.15) is 0 Å². The fraction of sp³-hybridized carbons (Fsp3) is 0.667. The van der Waals surface area contributed by atoms with Crippen LogP contribution < -0.4 is 5.73 Å². The third-order valence-electron chi connectivity index (χ3n) is 2.73. The normalized spacial score (nSPS) is 24.1. The molecule has 0 amide bonds. The summed E-state index contributed by atoms with van der Waals surface area (Å²) in [7, 11) is 0.